The molecule has 0 saturated carbocycles. The molecule has 3 heterocycles. The van der Waals surface area contributed by atoms with Crippen molar-refractivity contribution in [2.45, 2.75) is 0 Å². The summed E-state index contributed by atoms with van der Waals surface area (Å²) in [5, 5.41) is 8.40. The molecule has 3 aromatic heterocycles. The third-order valence-electron chi connectivity index (χ3n) is 11.7. The van der Waals surface area contributed by atoms with Gasteiger partial charge in [0.2, 0.25) is 0 Å². The third kappa shape index (κ3) is 5.16. The molecular formula is C54H35N3O. The Labute approximate surface area is 334 Å². The second-order valence-corrected chi connectivity index (χ2v) is 15.0. The van der Waals surface area contributed by atoms with Crippen LogP contribution in [0.2, 0.25) is 0 Å². The van der Waals surface area contributed by atoms with E-state index < -0.39 is 0 Å². The average molecular weight is 742 g/mol. The first-order valence-corrected chi connectivity index (χ1v) is 19.7. The monoisotopic (exact) mass is 741 g/mol. The summed E-state index contributed by atoms with van der Waals surface area (Å²) >= 11 is 0. The lowest BCUT2D eigenvalue weighted by Gasteiger charge is -2.26. The maximum atomic E-state index is 6.20. The minimum atomic E-state index is 0.888. The van der Waals surface area contributed by atoms with Crippen molar-refractivity contribution in [2.24, 2.45) is 0 Å². The molecule has 272 valence electrons. The van der Waals surface area contributed by atoms with Gasteiger partial charge >= 0.3 is 0 Å². The third-order valence-corrected chi connectivity index (χ3v) is 11.7. The maximum absolute atomic E-state index is 6.20. The zero-order chi connectivity index (χ0) is 38.2. The van der Waals surface area contributed by atoms with E-state index in [1.807, 2.05) is 12.1 Å². The molecule has 4 heteroatoms. The van der Waals surface area contributed by atoms with Crippen LogP contribution in [0.1, 0.15) is 0 Å². The smallest absolute Gasteiger partial charge is 0.135 e. The number of fused-ring (bicyclic) bond motifs is 8. The molecule has 0 atom stereocenters. The predicted molar refractivity (Wildman–Crippen MR) is 243 cm³/mol. The molecular weight excluding hydrogens is 707 g/mol. The fourth-order valence-electron chi connectivity index (χ4n) is 8.91. The number of nitrogens with zero attached hydrogens (tertiary/aromatic N) is 3. The molecule has 0 fully saturated rings. The lowest BCUT2D eigenvalue weighted by Crippen LogP contribution is -2.09. The van der Waals surface area contributed by atoms with Crippen LogP contribution in [0.5, 0.6) is 0 Å². The van der Waals surface area contributed by atoms with E-state index in [0.29, 0.717) is 0 Å². The van der Waals surface area contributed by atoms with E-state index in [2.05, 4.69) is 214 Å². The van der Waals surface area contributed by atoms with Gasteiger partial charge in [0.25, 0.3) is 0 Å². The van der Waals surface area contributed by atoms with Gasteiger partial charge < -0.3 is 18.5 Å². The van der Waals surface area contributed by atoms with E-state index in [-0.39, 0.29) is 0 Å². The van der Waals surface area contributed by atoms with Crippen LogP contribution in [0, 0.1) is 0 Å². The summed E-state index contributed by atoms with van der Waals surface area (Å²) in [5.74, 6) is 0. The second-order valence-electron chi connectivity index (χ2n) is 15.0. The summed E-state index contributed by atoms with van der Waals surface area (Å²) in [4.78, 5) is 2.34. The molecule has 0 aliphatic heterocycles. The van der Waals surface area contributed by atoms with Crippen molar-refractivity contribution in [3.8, 4) is 22.5 Å². The summed E-state index contributed by atoms with van der Waals surface area (Å²) in [6, 6.07) is 74.1. The van der Waals surface area contributed by atoms with Gasteiger partial charge in [-0.25, -0.2) is 0 Å². The van der Waals surface area contributed by atoms with E-state index in [0.717, 1.165) is 55.9 Å². The Morgan fingerprint density at radius 2 is 1.00 bits per heavy atom. The zero-order valence-corrected chi connectivity index (χ0v) is 31.5. The summed E-state index contributed by atoms with van der Waals surface area (Å²) in [6.45, 7) is 0. The number of benzene rings is 9. The van der Waals surface area contributed by atoms with Crippen LogP contribution < -0.4 is 4.90 Å². The van der Waals surface area contributed by atoms with E-state index in [1.165, 1.54) is 49.0 Å². The van der Waals surface area contributed by atoms with Gasteiger partial charge in [-0.05, 0) is 119 Å². The Morgan fingerprint density at radius 1 is 0.345 bits per heavy atom. The van der Waals surface area contributed by atoms with Crippen molar-refractivity contribution in [1.82, 2.24) is 9.13 Å². The first kappa shape index (κ1) is 32.4. The maximum Gasteiger partial charge on any atom is 0.135 e. The highest BCUT2D eigenvalue weighted by Crippen LogP contribution is 2.41. The normalized spacial score (nSPS) is 11.8. The molecule has 58 heavy (non-hydrogen) atoms. The van der Waals surface area contributed by atoms with Gasteiger partial charge in [-0.2, -0.15) is 0 Å². The molecule has 0 aliphatic carbocycles. The Hall–Kier alpha value is -7.82. The van der Waals surface area contributed by atoms with Crippen molar-refractivity contribution < 1.29 is 4.42 Å². The van der Waals surface area contributed by atoms with Crippen molar-refractivity contribution >= 4 is 82.5 Å². The number of hydrogen-bond donors (Lipinski definition) is 0. The first-order valence-electron chi connectivity index (χ1n) is 19.7. The number of furan rings is 1. The van der Waals surface area contributed by atoms with Crippen LogP contribution in [0.25, 0.3) is 87.9 Å². The fourth-order valence-corrected chi connectivity index (χ4v) is 8.91. The number of rotatable bonds is 6. The van der Waals surface area contributed by atoms with Gasteiger partial charge in [0, 0.05) is 61.6 Å². The molecule has 9 aromatic carbocycles. The lowest BCUT2D eigenvalue weighted by atomic mass is 10.0. The molecule has 0 amide bonds. The Balaban J connectivity index is 0.912. The molecule has 12 aromatic rings. The minimum Gasteiger partial charge on any atom is -0.456 e. The van der Waals surface area contributed by atoms with Crippen LogP contribution in [0.15, 0.2) is 217 Å². The van der Waals surface area contributed by atoms with Gasteiger partial charge in [0.05, 0.1) is 16.6 Å². The van der Waals surface area contributed by atoms with Gasteiger partial charge in [-0.15, -0.1) is 0 Å². The molecule has 0 saturated heterocycles. The highest BCUT2D eigenvalue weighted by Gasteiger charge is 2.18. The van der Waals surface area contributed by atoms with E-state index in [4.69, 9.17) is 4.42 Å². The van der Waals surface area contributed by atoms with Gasteiger partial charge in [-0.3, -0.25) is 0 Å². The summed E-state index contributed by atoms with van der Waals surface area (Å²) in [6.07, 6.45) is 2.19. The Bertz CT molecular complexity index is 3500. The molecule has 0 spiro atoms. The van der Waals surface area contributed by atoms with Gasteiger partial charge in [-0.1, -0.05) is 109 Å². The van der Waals surface area contributed by atoms with Gasteiger partial charge in [0.15, 0.2) is 0 Å². The SMILES string of the molecule is c1ccc(-n2c3ccccc3c3cc4ccn(-c5ccc(-c6ccc(N(c7ccc8ccccc8c7)c7ccc8oc9ccccc9c8c7)cc6)cc5)c4cc32)cc1. The van der Waals surface area contributed by atoms with Crippen molar-refractivity contribution in [3.63, 3.8) is 0 Å². The first-order chi connectivity index (χ1) is 28.7. The second kappa shape index (κ2) is 12.9. The summed E-state index contributed by atoms with van der Waals surface area (Å²) in [7, 11) is 0. The van der Waals surface area contributed by atoms with Crippen molar-refractivity contribution in [3.05, 3.63) is 212 Å². The van der Waals surface area contributed by atoms with Crippen LogP contribution in [-0.4, -0.2) is 9.13 Å². The number of hydrogen-bond acceptors (Lipinski definition) is 2. The molecule has 0 radical (unpaired) electrons. The Morgan fingerprint density at radius 3 is 1.84 bits per heavy atom. The summed E-state index contributed by atoms with van der Waals surface area (Å²) < 4.78 is 10.9. The largest absolute Gasteiger partial charge is 0.456 e. The highest BCUT2D eigenvalue weighted by atomic mass is 16.3. The lowest BCUT2D eigenvalue weighted by molar-refractivity contribution is 0.669. The number of para-hydroxylation sites is 3. The predicted octanol–water partition coefficient (Wildman–Crippen LogP) is 14.9. The number of anilines is 3. The molecule has 0 N–H and O–H groups in total. The quantitative estimate of drug-likeness (QED) is 0.170. The Kier molecular flexibility index (Phi) is 7.20. The molecule has 0 aliphatic rings. The molecule has 0 bridgehead atoms. The summed E-state index contributed by atoms with van der Waals surface area (Å²) in [5.41, 5.74) is 13.3. The van der Waals surface area contributed by atoms with Crippen LogP contribution in [-0.2, 0) is 0 Å². The van der Waals surface area contributed by atoms with Crippen LogP contribution in [0.4, 0.5) is 17.1 Å². The average Bonchev–Trinajstić information content (AvgIpc) is 3.98. The molecule has 0 unspecified atom stereocenters. The minimum absolute atomic E-state index is 0.888. The zero-order valence-electron chi connectivity index (χ0n) is 31.5. The van der Waals surface area contributed by atoms with E-state index in [9.17, 15) is 0 Å². The fraction of sp³-hybridized carbons (Fsp3) is 0. The van der Waals surface area contributed by atoms with Crippen molar-refractivity contribution in [2.75, 3.05) is 4.90 Å². The molecule has 12 rings (SSSR count). The highest BCUT2D eigenvalue weighted by molar-refractivity contribution is 6.13. The van der Waals surface area contributed by atoms with E-state index >= 15 is 0 Å². The van der Waals surface area contributed by atoms with Crippen molar-refractivity contribution in [1.29, 1.82) is 0 Å². The number of aromatic nitrogens is 2. The standard InChI is InChI=1S/C54H35N3O/c1-2-12-42(13-3-1)57-50-16-8-6-14-46(50)48-33-40-30-31-55(51(40)35-52(48)57)41-23-18-37(19-24-41)38-20-25-43(26-21-38)56(44-27-22-36-10-4-5-11-39(36)32-44)45-28-29-54-49(34-45)47-15-7-9-17-53(47)58-54/h1-35H. The van der Waals surface area contributed by atoms with Gasteiger partial charge in [0.1, 0.15) is 11.2 Å². The topological polar surface area (TPSA) is 26.2 Å². The van der Waals surface area contributed by atoms with E-state index in [1.54, 1.807) is 0 Å². The molecule has 4 nitrogen and oxygen atoms in total. The van der Waals surface area contributed by atoms with Crippen LogP contribution in [0.3, 0.4) is 0 Å². The van der Waals surface area contributed by atoms with Crippen LogP contribution >= 0.6 is 0 Å².